The molecule has 0 aliphatic rings. The highest BCUT2D eigenvalue weighted by molar-refractivity contribution is 9.10. The molecule has 0 spiro atoms. The van der Waals surface area contributed by atoms with Crippen LogP contribution < -0.4 is 11.3 Å². The van der Waals surface area contributed by atoms with Crippen LogP contribution in [0.2, 0.25) is 0 Å². The molecular weight excluding hydrogens is 304 g/mol. The fraction of sp³-hybridized carbons (Fsp3) is 0.400. The largest absolute Gasteiger partial charge is 0.390 e. The Hall–Kier alpha value is -0.660. The van der Waals surface area contributed by atoms with Crippen LogP contribution in [-0.2, 0) is 6.42 Å². The normalized spacial score (nSPS) is 13.8. The topological polar surface area (TPSA) is 38.0 Å². The molecule has 0 aliphatic carbocycles. The Bertz CT molecular complexity index is 381. The van der Waals surface area contributed by atoms with Gasteiger partial charge in [0.05, 0.1) is 6.42 Å². The second kappa shape index (κ2) is 5.79. The lowest BCUT2D eigenvalue weighted by atomic mass is 10.0. The van der Waals surface area contributed by atoms with Crippen molar-refractivity contribution in [3.05, 3.63) is 34.1 Å². The van der Waals surface area contributed by atoms with Gasteiger partial charge in [-0.2, -0.15) is 13.2 Å². The predicted molar refractivity (Wildman–Crippen MR) is 59.6 cm³/mol. The quantitative estimate of drug-likeness (QED) is 0.509. The monoisotopic (exact) mass is 314 g/mol. The lowest BCUT2D eigenvalue weighted by molar-refractivity contribution is -0.140. The molecule has 0 aliphatic heterocycles. The number of halogens is 5. The Morgan fingerprint density at radius 3 is 2.53 bits per heavy atom. The number of rotatable bonds is 4. The van der Waals surface area contributed by atoms with Crippen LogP contribution >= 0.6 is 15.9 Å². The standard InChI is InChI=1S/C10H11BrF4N2/c11-9-2-1-7(12)3-6(9)4-8(17-16)5-10(13,14)15/h1-3,8,17H,4-5,16H2. The van der Waals surface area contributed by atoms with Crippen LogP contribution in [-0.4, -0.2) is 12.2 Å². The maximum absolute atomic E-state index is 12.9. The van der Waals surface area contributed by atoms with E-state index in [4.69, 9.17) is 5.84 Å². The van der Waals surface area contributed by atoms with Crippen LogP contribution in [0.15, 0.2) is 22.7 Å². The number of nitrogens with one attached hydrogen (secondary N) is 1. The van der Waals surface area contributed by atoms with Crippen molar-refractivity contribution in [3.63, 3.8) is 0 Å². The first-order valence-corrected chi connectivity index (χ1v) is 5.58. The van der Waals surface area contributed by atoms with Gasteiger partial charge in [-0.25, -0.2) is 4.39 Å². The third-order valence-electron chi connectivity index (χ3n) is 2.19. The molecule has 7 heteroatoms. The molecule has 96 valence electrons. The molecule has 17 heavy (non-hydrogen) atoms. The molecule has 0 saturated heterocycles. The average Bonchev–Trinajstić information content (AvgIpc) is 2.20. The molecule has 3 N–H and O–H groups in total. The van der Waals surface area contributed by atoms with E-state index in [1.165, 1.54) is 18.2 Å². The molecule has 1 atom stereocenters. The molecular formula is C10H11BrF4N2. The van der Waals surface area contributed by atoms with E-state index >= 15 is 0 Å². The summed E-state index contributed by atoms with van der Waals surface area (Å²) in [6.07, 6.45) is -5.38. The fourth-order valence-electron chi connectivity index (χ4n) is 1.43. The zero-order valence-corrected chi connectivity index (χ0v) is 10.3. The van der Waals surface area contributed by atoms with Gasteiger partial charge in [0.1, 0.15) is 5.82 Å². The van der Waals surface area contributed by atoms with Crippen molar-refractivity contribution in [1.29, 1.82) is 0 Å². The van der Waals surface area contributed by atoms with Gasteiger partial charge in [-0.3, -0.25) is 11.3 Å². The van der Waals surface area contributed by atoms with Crippen molar-refractivity contribution in [2.24, 2.45) is 5.84 Å². The third kappa shape index (κ3) is 5.01. The highest BCUT2D eigenvalue weighted by Crippen LogP contribution is 2.25. The Balaban J connectivity index is 2.77. The van der Waals surface area contributed by atoms with Gasteiger partial charge < -0.3 is 0 Å². The van der Waals surface area contributed by atoms with Gasteiger partial charge >= 0.3 is 6.18 Å². The summed E-state index contributed by atoms with van der Waals surface area (Å²) in [6.45, 7) is 0. The van der Waals surface area contributed by atoms with Crippen molar-refractivity contribution < 1.29 is 17.6 Å². The number of benzene rings is 1. The van der Waals surface area contributed by atoms with Crippen LogP contribution in [0.3, 0.4) is 0 Å². The maximum Gasteiger partial charge on any atom is 0.390 e. The zero-order valence-electron chi connectivity index (χ0n) is 8.69. The molecule has 0 aromatic heterocycles. The predicted octanol–water partition coefficient (Wildman–Crippen LogP) is 2.92. The molecule has 1 aromatic rings. The van der Waals surface area contributed by atoms with Crippen molar-refractivity contribution >= 4 is 15.9 Å². The summed E-state index contributed by atoms with van der Waals surface area (Å²) in [5.41, 5.74) is 2.53. The lowest BCUT2D eigenvalue weighted by Crippen LogP contribution is -2.40. The summed E-state index contributed by atoms with van der Waals surface area (Å²) < 4.78 is 50.1. The molecule has 1 rings (SSSR count). The van der Waals surface area contributed by atoms with Crippen LogP contribution in [0.5, 0.6) is 0 Å². The van der Waals surface area contributed by atoms with Crippen molar-refractivity contribution in [1.82, 2.24) is 5.43 Å². The minimum absolute atomic E-state index is 0.00560. The van der Waals surface area contributed by atoms with Crippen LogP contribution in [0.25, 0.3) is 0 Å². The number of hydrogen-bond donors (Lipinski definition) is 2. The average molecular weight is 315 g/mol. The molecule has 1 unspecified atom stereocenters. The van der Waals surface area contributed by atoms with Crippen LogP contribution in [0.4, 0.5) is 17.6 Å². The minimum Gasteiger partial charge on any atom is -0.271 e. The fourth-order valence-corrected chi connectivity index (χ4v) is 1.84. The van der Waals surface area contributed by atoms with E-state index in [1.807, 2.05) is 0 Å². The summed E-state index contributed by atoms with van der Waals surface area (Å²) in [5, 5.41) is 0. The van der Waals surface area contributed by atoms with Gasteiger partial charge in [0.25, 0.3) is 0 Å². The molecule has 0 amide bonds. The number of nitrogens with two attached hydrogens (primary N) is 1. The van der Waals surface area contributed by atoms with E-state index in [2.05, 4.69) is 21.4 Å². The minimum atomic E-state index is -4.31. The summed E-state index contributed by atoms with van der Waals surface area (Å²) in [6, 6.07) is 2.88. The Kier molecular flexibility index (Phi) is 4.91. The molecule has 0 heterocycles. The maximum atomic E-state index is 12.9. The summed E-state index contributed by atoms with van der Waals surface area (Å²) in [4.78, 5) is 0. The van der Waals surface area contributed by atoms with E-state index in [-0.39, 0.29) is 6.42 Å². The SMILES string of the molecule is NNC(Cc1cc(F)ccc1Br)CC(F)(F)F. The van der Waals surface area contributed by atoms with Crippen molar-refractivity contribution in [2.75, 3.05) is 0 Å². The van der Waals surface area contributed by atoms with E-state index in [0.29, 0.717) is 10.0 Å². The summed E-state index contributed by atoms with van der Waals surface area (Å²) in [5.74, 6) is 4.56. The van der Waals surface area contributed by atoms with Crippen molar-refractivity contribution in [3.8, 4) is 0 Å². The number of alkyl halides is 3. The van der Waals surface area contributed by atoms with Gasteiger partial charge in [-0.1, -0.05) is 15.9 Å². The van der Waals surface area contributed by atoms with Gasteiger partial charge in [-0.15, -0.1) is 0 Å². The van der Waals surface area contributed by atoms with Crippen LogP contribution in [0, 0.1) is 5.82 Å². The second-order valence-electron chi connectivity index (χ2n) is 3.62. The highest BCUT2D eigenvalue weighted by atomic mass is 79.9. The molecule has 0 saturated carbocycles. The Morgan fingerprint density at radius 1 is 1.35 bits per heavy atom. The van der Waals surface area contributed by atoms with Gasteiger partial charge in [-0.05, 0) is 30.2 Å². The number of hydrazine groups is 1. The Labute approximate surface area is 104 Å². The first-order valence-electron chi connectivity index (χ1n) is 4.78. The first kappa shape index (κ1) is 14.4. The first-order chi connectivity index (χ1) is 7.81. The molecule has 0 bridgehead atoms. The molecule has 2 nitrogen and oxygen atoms in total. The smallest absolute Gasteiger partial charge is 0.271 e. The highest BCUT2D eigenvalue weighted by Gasteiger charge is 2.31. The van der Waals surface area contributed by atoms with E-state index in [1.54, 1.807) is 0 Å². The Morgan fingerprint density at radius 2 is 2.00 bits per heavy atom. The molecule has 0 fully saturated rings. The van der Waals surface area contributed by atoms with Crippen molar-refractivity contribution in [2.45, 2.75) is 25.1 Å². The number of hydrogen-bond acceptors (Lipinski definition) is 2. The second-order valence-corrected chi connectivity index (χ2v) is 4.48. The third-order valence-corrected chi connectivity index (χ3v) is 2.96. The molecule has 1 aromatic carbocycles. The van der Waals surface area contributed by atoms with E-state index in [0.717, 1.165) is 0 Å². The lowest BCUT2D eigenvalue weighted by Gasteiger charge is -2.18. The van der Waals surface area contributed by atoms with Gasteiger partial charge in [0, 0.05) is 10.5 Å². The summed E-state index contributed by atoms with van der Waals surface area (Å²) >= 11 is 3.15. The van der Waals surface area contributed by atoms with E-state index in [9.17, 15) is 17.6 Å². The van der Waals surface area contributed by atoms with E-state index < -0.39 is 24.5 Å². The van der Waals surface area contributed by atoms with Crippen LogP contribution in [0.1, 0.15) is 12.0 Å². The molecule has 0 radical (unpaired) electrons. The summed E-state index contributed by atoms with van der Waals surface area (Å²) in [7, 11) is 0. The van der Waals surface area contributed by atoms with Gasteiger partial charge in [0.2, 0.25) is 0 Å². The van der Waals surface area contributed by atoms with Gasteiger partial charge in [0.15, 0.2) is 0 Å². The zero-order chi connectivity index (χ0) is 13.1.